The molecule has 0 aromatic heterocycles. The van der Waals surface area contributed by atoms with Crippen molar-refractivity contribution in [2.24, 2.45) is 5.73 Å². The molecule has 0 atom stereocenters. The van der Waals surface area contributed by atoms with E-state index < -0.39 is 25.4 Å². The highest BCUT2D eigenvalue weighted by Crippen LogP contribution is 2.33. The van der Waals surface area contributed by atoms with Crippen LogP contribution in [0.1, 0.15) is 11.1 Å². The van der Waals surface area contributed by atoms with Gasteiger partial charge in [-0.3, -0.25) is 0 Å². The van der Waals surface area contributed by atoms with Gasteiger partial charge < -0.3 is 5.73 Å². The van der Waals surface area contributed by atoms with E-state index in [1.54, 1.807) is 12.1 Å². The molecule has 98 valence electrons. The molecular formula is C11H13NO4S2. The van der Waals surface area contributed by atoms with Crippen LogP contribution in [0, 0.1) is 0 Å². The predicted molar refractivity (Wildman–Crippen MR) is 69.2 cm³/mol. The van der Waals surface area contributed by atoms with Crippen molar-refractivity contribution in [3.8, 4) is 0 Å². The average Bonchev–Trinajstić information content (AvgIpc) is 2.48. The Labute approximate surface area is 106 Å². The van der Waals surface area contributed by atoms with Crippen LogP contribution in [0.5, 0.6) is 0 Å². The Hall–Kier alpha value is -1.18. The Morgan fingerprint density at radius 2 is 1.94 bits per heavy atom. The van der Waals surface area contributed by atoms with Gasteiger partial charge in [-0.05, 0) is 29.3 Å². The van der Waals surface area contributed by atoms with Gasteiger partial charge in [0.15, 0.2) is 9.84 Å². The second-order valence-corrected chi connectivity index (χ2v) is 8.37. The molecule has 0 saturated carbocycles. The van der Waals surface area contributed by atoms with Crippen molar-refractivity contribution < 1.29 is 16.8 Å². The molecule has 7 heteroatoms. The van der Waals surface area contributed by atoms with Gasteiger partial charge in [0.2, 0.25) is 9.84 Å². The van der Waals surface area contributed by atoms with Crippen molar-refractivity contribution in [2.75, 3.05) is 12.0 Å². The maximum absolute atomic E-state index is 12.1. The molecule has 0 amide bonds. The molecule has 1 aliphatic heterocycles. The zero-order valence-electron chi connectivity index (χ0n) is 9.75. The molecule has 1 aliphatic rings. The highest BCUT2D eigenvalue weighted by atomic mass is 32.2. The topological polar surface area (TPSA) is 94.3 Å². The maximum Gasteiger partial charge on any atom is 0.204 e. The third-order valence-electron chi connectivity index (χ3n) is 2.67. The van der Waals surface area contributed by atoms with Crippen molar-refractivity contribution >= 4 is 25.8 Å². The molecule has 0 unspecified atom stereocenters. The van der Waals surface area contributed by atoms with Crippen LogP contribution in [0.25, 0.3) is 6.08 Å². The summed E-state index contributed by atoms with van der Waals surface area (Å²) in [5.74, 6) is -0.470. The van der Waals surface area contributed by atoms with E-state index in [4.69, 9.17) is 5.73 Å². The van der Waals surface area contributed by atoms with E-state index in [9.17, 15) is 16.8 Å². The summed E-state index contributed by atoms with van der Waals surface area (Å²) in [4.78, 5) is 0.0764. The van der Waals surface area contributed by atoms with E-state index in [0.29, 0.717) is 12.1 Å². The number of hydrogen-bond donors (Lipinski definition) is 1. The van der Waals surface area contributed by atoms with Crippen molar-refractivity contribution in [1.29, 1.82) is 0 Å². The Bertz CT molecular complexity index is 730. The molecule has 0 fully saturated rings. The molecule has 0 spiro atoms. The Morgan fingerprint density at radius 1 is 1.28 bits per heavy atom. The van der Waals surface area contributed by atoms with E-state index in [1.807, 2.05) is 0 Å². The Morgan fingerprint density at radius 3 is 2.50 bits per heavy atom. The number of nitrogens with two attached hydrogens (primary N) is 1. The molecule has 5 nitrogen and oxygen atoms in total. The zero-order valence-corrected chi connectivity index (χ0v) is 11.4. The van der Waals surface area contributed by atoms with Gasteiger partial charge in [-0.1, -0.05) is 6.07 Å². The summed E-state index contributed by atoms with van der Waals surface area (Å²) >= 11 is 0. The van der Waals surface area contributed by atoms with Gasteiger partial charge in [-0.25, -0.2) is 16.8 Å². The minimum atomic E-state index is -3.66. The van der Waals surface area contributed by atoms with Crippen molar-refractivity contribution in [2.45, 2.75) is 11.4 Å². The van der Waals surface area contributed by atoms with Crippen LogP contribution in [0.15, 0.2) is 28.0 Å². The van der Waals surface area contributed by atoms with Crippen LogP contribution in [-0.4, -0.2) is 28.8 Å². The minimum Gasteiger partial charge on any atom is -0.326 e. The summed E-state index contributed by atoms with van der Waals surface area (Å²) in [5, 5.41) is 0. The number of sulfone groups is 2. The lowest BCUT2D eigenvalue weighted by atomic mass is 10.1. The molecular weight excluding hydrogens is 274 g/mol. The first-order chi connectivity index (χ1) is 8.24. The smallest absolute Gasteiger partial charge is 0.204 e. The average molecular weight is 287 g/mol. The summed E-state index contributed by atoms with van der Waals surface area (Å²) in [7, 11) is -7.05. The molecule has 0 bridgehead atoms. The third-order valence-corrected chi connectivity index (χ3v) is 5.59. The standard InChI is InChI=1S/C11H13NO4S2/c1-17(13,14)7-10-5-9-4-8(6-12)2-3-11(9)18(10,15)16/h2-5H,6-7,12H2,1H3. The maximum atomic E-state index is 12.1. The third kappa shape index (κ3) is 2.33. The predicted octanol–water partition coefficient (Wildman–Crippen LogP) is 0.318. The molecule has 0 aliphatic carbocycles. The number of rotatable bonds is 3. The summed E-state index contributed by atoms with van der Waals surface area (Å²) in [5.41, 5.74) is 6.80. The normalized spacial score (nSPS) is 17.3. The van der Waals surface area contributed by atoms with Crippen molar-refractivity contribution in [3.05, 3.63) is 34.2 Å². The minimum absolute atomic E-state index is 0.0748. The molecule has 1 aromatic rings. The Kier molecular flexibility index (Phi) is 3.08. The first kappa shape index (κ1) is 13.3. The van der Waals surface area contributed by atoms with Crippen molar-refractivity contribution in [3.63, 3.8) is 0 Å². The Balaban J connectivity index is 2.55. The highest BCUT2D eigenvalue weighted by Gasteiger charge is 2.31. The van der Waals surface area contributed by atoms with Gasteiger partial charge >= 0.3 is 0 Å². The lowest BCUT2D eigenvalue weighted by molar-refractivity contribution is 0.596. The molecule has 1 heterocycles. The van der Waals surface area contributed by atoms with Gasteiger partial charge in [0.05, 0.1) is 15.6 Å². The monoisotopic (exact) mass is 287 g/mol. The summed E-state index contributed by atoms with van der Waals surface area (Å²) in [6.45, 7) is 0.308. The fourth-order valence-electron chi connectivity index (χ4n) is 1.85. The number of benzene rings is 1. The van der Waals surface area contributed by atoms with Gasteiger partial charge in [-0.2, -0.15) is 0 Å². The zero-order chi connectivity index (χ0) is 13.6. The lowest BCUT2D eigenvalue weighted by Crippen LogP contribution is -2.11. The van der Waals surface area contributed by atoms with Gasteiger partial charge in [-0.15, -0.1) is 0 Å². The molecule has 2 rings (SSSR count). The fraction of sp³-hybridized carbons (Fsp3) is 0.273. The molecule has 2 N–H and O–H groups in total. The van der Waals surface area contributed by atoms with Crippen LogP contribution in [0.4, 0.5) is 0 Å². The van der Waals surface area contributed by atoms with Crippen LogP contribution < -0.4 is 5.73 Å². The van der Waals surface area contributed by atoms with Gasteiger partial charge in [0, 0.05) is 12.8 Å². The summed E-state index contributed by atoms with van der Waals surface area (Å²) in [6, 6.07) is 4.77. The molecule has 18 heavy (non-hydrogen) atoms. The number of fused-ring (bicyclic) bond motifs is 1. The van der Waals surface area contributed by atoms with Crippen LogP contribution >= 0.6 is 0 Å². The highest BCUT2D eigenvalue weighted by molar-refractivity contribution is 7.98. The molecule has 1 aromatic carbocycles. The van der Waals surface area contributed by atoms with Crippen LogP contribution in [0.2, 0.25) is 0 Å². The second kappa shape index (κ2) is 4.18. The first-order valence-electron chi connectivity index (χ1n) is 5.20. The SMILES string of the molecule is CS(=O)(=O)CC1=Cc2cc(CN)ccc2S1(=O)=O. The van der Waals surface area contributed by atoms with E-state index in [1.165, 1.54) is 12.1 Å². The van der Waals surface area contributed by atoms with E-state index in [2.05, 4.69) is 0 Å². The molecule has 0 saturated heterocycles. The quantitative estimate of drug-likeness (QED) is 0.864. The van der Waals surface area contributed by atoms with Gasteiger partial charge in [0.25, 0.3) is 0 Å². The fourth-order valence-corrected chi connectivity index (χ4v) is 4.96. The summed E-state index contributed by atoms with van der Waals surface area (Å²) in [6.07, 6.45) is 2.42. The van der Waals surface area contributed by atoms with E-state index >= 15 is 0 Å². The van der Waals surface area contributed by atoms with E-state index in [0.717, 1.165) is 11.8 Å². The van der Waals surface area contributed by atoms with E-state index in [-0.39, 0.29) is 9.80 Å². The van der Waals surface area contributed by atoms with Gasteiger partial charge in [0.1, 0.15) is 0 Å². The largest absolute Gasteiger partial charge is 0.326 e. The molecule has 0 radical (unpaired) electrons. The van der Waals surface area contributed by atoms with Crippen LogP contribution in [0.3, 0.4) is 0 Å². The first-order valence-corrected chi connectivity index (χ1v) is 8.75. The lowest BCUT2D eigenvalue weighted by Gasteiger charge is -2.03. The van der Waals surface area contributed by atoms with Crippen molar-refractivity contribution in [1.82, 2.24) is 0 Å². The second-order valence-electron chi connectivity index (χ2n) is 4.26. The summed E-state index contributed by atoms with van der Waals surface area (Å²) < 4.78 is 46.6. The number of hydrogen-bond acceptors (Lipinski definition) is 5. The van der Waals surface area contributed by atoms with Crippen LogP contribution in [-0.2, 0) is 26.2 Å².